The summed E-state index contributed by atoms with van der Waals surface area (Å²) in [6.07, 6.45) is 1.83. The first kappa shape index (κ1) is 19.4. The Kier molecular flexibility index (Phi) is 10.8. The first-order chi connectivity index (χ1) is 9.46. The number of hydrogen-bond acceptors (Lipinski definition) is 3. The number of likely N-dealkylation sites (N-methyl/N-ethyl adjacent to an activating group) is 1. The van der Waals surface area contributed by atoms with Crippen LogP contribution in [0.2, 0.25) is 0 Å². The van der Waals surface area contributed by atoms with Gasteiger partial charge in [0.1, 0.15) is 0 Å². The predicted octanol–water partition coefficient (Wildman–Crippen LogP) is 2.19. The molecule has 0 aliphatic rings. The zero-order valence-electron chi connectivity index (χ0n) is 14.2. The Hall–Kier alpha value is -0.610. The number of nitrogens with two attached hydrogens (primary N) is 1. The molecule has 4 heteroatoms. The van der Waals surface area contributed by atoms with E-state index in [9.17, 15) is 4.79 Å². The lowest BCUT2D eigenvalue weighted by atomic mass is 10.0. The molecule has 0 rings (SSSR count). The third kappa shape index (κ3) is 7.85. The molecule has 0 bridgehead atoms. The molecule has 0 aliphatic carbocycles. The Balaban J connectivity index is 4.49. The molecule has 20 heavy (non-hydrogen) atoms. The van der Waals surface area contributed by atoms with Gasteiger partial charge in [-0.25, -0.2) is 0 Å². The number of carbonyl (C=O) groups is 1. The topological polar surface area (TPSA) is 49.6 Å². The fourth-order valence-electron chi connectivity index (χ4n) is 2.39. The van der Waals surface area contributed by atoms with Crippen molar-refractivity contribution in [2.24, 2.45) is 17.6 Å². The van der Waals surface area contributed by atoms with E-state index in [0.717, 1.165) is 45.6 Å². The summed E-state index contributed by atoms with van der Waals surface area (Å²) in [6, 6.07) is 0. The van der Waals surface area contributed by atoms with E-state index in [1.54, 1.807) is 0 Å². The van der Waals surface area contributed by atoms with Crippen LogP contribution in [0.15, 0.2) is 0 Å². The van der Waals surface area contributed by atoms with Crippen molar-refractivity contribution in [3.63, 3.8) is 0 Å². The second-order valence-electron chi connectivity index (χ2n) is 6.04. The fourth-order valence-corrected chi connectivity index (χ4v) is 2.39. The van der Waals surface area contributed by atoms with E-state index in [0.29, 0.717) is 18.4 Å². The highest BCUT2D eigenvalue weighted by molar-refractivity contribution is 5.78. The highest BCUT2D eigenvalue weighted by Crippen LogP contribution is 2.11. The Morgan fingerprint density at radius 1 is 1.10 bits per heavy atom. The first-order valence-electron chi connectivity index (χ1n) is 8.17. The van der Waals surface area contributed by atoms with Gasteiger partial charge in [-0.05, 0) is 38.4 Å². The minimum absolute atomic E-state index is 0.0917. The van der Waals surface area contributed by atoms with Crippen LogP contribution in [-0.4, -0.2) is 55.0 Å². The van der Waals surface area contributed by atoms with Crippen molar-refractivity contribution in [1.29, 1.82) is 0 Å². The van der Waals surface area contributed by atoms with Crippen molar-refractivity contribution in [2.45, 2.75) is 47.5 Å². The van der Waals surface area contributed by atoms with Gasteiger partial charge in [-0.2, -0.15) is 0 Å². The second-order valence-corrected chi connectivity index (χ2v) is 6.04. The molecule has 120 valence electrons. The molecule has 4 nitrogen and oxygen atoms in total. The van der Waals surface area contributed by atoms with Crippen molar-refractivity contribution in [3.8, 4) is 0 Å². The van der Waals surface area contributed by atoms with Crippen LogP contribution in [0.4, 0.5) is 0 Å². The van der Waals surface area contributed by atoms with Crippen LogP contribution < -0.4 is 5.73 Å². The fraction of sp³-hybridized carbons (Fsp3) is 0.938. The lowest BCUT2D eigenvalue weighted by Gasteiger charge is -2.30. The van der Waals surface area contributed by atoms with Gasteiger partial charge < -0.3 is 15.5 Å². The molecule has 1 unspecified atom stereocenters. The minimum Gasteiger partial charge on any atom is -0.341 e. The molecule has 1 atom stereocenters. The summed E-state index contributed by atoms with van der Waals surface area (Å²) in [7, 11) is 0. The van der Waals surface area contributed by atoms with Gasteiger partial charge in [-0.15, -0.1) is 0 Å². The lowest BCUT2D eigenvalue weighted by Crippen LogP contribution is -2.42. The predicted molar refractivity (Wildman–Crippen MR) is 86.7 cm³/mol. The smallest absolute Gasteiger partial charge is 0.225 e. The Morgan fingerprint density at radius 3 is 2.15 bits per heavy atom. The summed E-state index contributed by atoms with van der Waals surface area (Å²) in [4.78, 5) is 17.0. The van der Waals surface area contributed by atoms with Gasteiger partial charge in [0.25, 0.3) is 0 Å². The summed E-state index contributed by atoms with van der Waals surface area (Å²) in [5.41, 5.74) is 5.54. The van der Waals surface area contributed by atoms with Gasteiger partial charge >= 0.3 is 0 Å². The van der Waals surface area contributed by atoms with Crippen LogP contribution >= 0.6 is 0 Å². The molecule has 2 N–H and O–H groups in total. The van der Waals surface area contributed by atoms with E-state index < -0.39 is 0 Å². The molecule has 0 heterocycles. The van der Waals surface area contributed by atoms with Crippen molar-refractivity contribution in [1.82, 2.24) is 9.80 Å². The van der Waals surface area contributed by atoms with Crippen molar-refractivity contribution >= 4 is 5.91 Å². The van der Waals surface area contributed by atoms with Gasteiger partial charge in [0.15, 0.2) is 0 Å². The molecule has 0 radical (unpaired) electrons. The molecule has 0 fully saturated rings. The van der Waals surface area contributed by atoms with Gasteiger partial charge in [-0.3, -0.25) is 4.79 Å². The number of hydrogen-bond donors (Lipinski definition) is 1. The Bertz CT molecular complexity index is 252. The third-order valence-corrected chi connectivity index (χ3v) is 3.74. The van der Waals surface area contributed by atoms with Crippen LogP contribution in [-0.2, 0) is 4.79 Å². The van der Waals surface area contributed by atoms with Gasteiger partial charge in [0.05, 0.1) is 0 Å². The highest BCUT2D eigenvalue weighted by atomic mass is 16.2. The molecule has 0 spiro atoms. The van der Waals surface area contributed by atoms with Crippen LogP contribution in [0.3, 0.4) is 0 Å². The van der Waals surface area contributed by atoms with Gasteiger partial charge in [0.2, 0.25) is 5.91 Å². The average molecular weight is 285 g/mol. The summed E-state index contributed by atoms with van der Waals surface area (Å²) in [5.74, 6) is 0.894. The first-order valence-corrected chi connectivity index (χ1v) is 8.17. The number of carbonyl (C=O) groups excluding carboxylic acids is 1. The van der Waals surface area contributed by atoms with Crippen LogP contribution in [0, 0.1) is 11.8 Å². The molecule has 0 aromatic rings. The quantitative estimate of drug-likeness (QED) is 0.633. The summed E-state index contributed by atoms with van der Waals surface area (Å²) in [6.45, 7) is 16.1. The zero-order valence-corrected chi connectivity index (χ0v) is 14.2. The van der Waals surface area contributed by atoms with Crippen molar-refractivity contribution in [2.75, 3.05) is 39.3 Å². The minimum atomic E-state index is 0.0917. The van der Waals surface area contributed by atoms with E-state index >= 15 is 0 Å². The number of nitrogens with zero attached hydrogens (tertiary/aromatic N) is 2. The second kappa shape index (κ2) is 11.1. The zero-order chi connectivity index (χ0) is 15.5. The van der Waals surface area contributed by atoms with E-state index in [-0.39, 0.29) is 5.92 Å². The summed E-state index contributed by atoms with van der Waals surface area (Å²) in [5, 5.41) is 0. The molecule has 1 amide bonds. The SMILES string of the molecule is CCN(CC)CCN(CC(C)C)C(=O)C(C)CCCN. The maximum Gasteiger partial charge on any atom is 0.225 e. The maximum absolute atomic E-state index is 12.5. The highest BCUT2D eigenvalue weighted by Gasteiger charge is 2.21. The molecular formula is C16H35N3O. The molecule has 0 aliphatic heterocycles. The summed E-state index contributed by atoms with van der Waals surface area (Å²) >= 11 is 0. The molecule has 0 saturated heterocycles. The van der Waals surface area contributed by atoms with Crippen LogP contribution in [0.25, 0.3) is 0 Å². The molecule has 0 saturated carbocycles. The molecule has 0 aromatic carbocycles. The average Bonchev–Trinajstić information content (AvgIpc) is 2.43. The Labute approximate surface area is 125 Å². The standard InChI is InChI=1S/C16H35N3O/c1-6-18(7-2)11-12-19(13-14(3)4)16(20)15(5)9-8-10-17/h14-15H,6-13,17H2,1-5H3. The lowest BCUT2D eigenvalue weighted by molar-refractivity contribution is -0.136. The number of rotatable bonds is 11. The molecular weight excluding hydrogens is 250 g/mol. The largest absolute Gasteiger partial charge is 0.341 e. The van der Waals surface area contributed by atoms with E-state index in [4.69, 9.17) is 5.73 Å². The van der Waals surface area contributed by atoms with Crippen molar-refractivity contribution < 1.29 is 4.79 Å². The normalized spacial score (nSPS) is 13.0. The molecule has 0 aromatic heterocycles. The van der Waals surface area contributed by atoms with Gasteiger partial charge in [-0.1, -0.05) is 34.6 Å². The third-order valence-electron chi connectivity index (χ3n) is 3.74. The van der Waals surface area contributed by atoms with E-state index in [1.165, 1.54) is 0 Å². The van der Waals surface area contributed by atoms with E-state index in [1.807, 2.05) is 11.8 Å². The Morgan fingerprint density at radius 2 is 1.70 bits per heavy atom. The van der Waals surface area contributed by atoms with E-state index in [2.05, 4.69) is 32.6 Å². The number of amides is 1. The van der Waals surface area contributed by atoms with Crippen molar-refractivity contribution in [3.05, 3.63) is 0 Å². The van der Waals surface area contributed by atoms with Crippen LogP contribution in [0.5, 0.6) is 0 Å². The maximum atomic E-state index is 12.5. The van der Waals surface area contributed by atoms with Gasteiger partial charge in [0, 0.05) is 25.6 Å². The summed E-state index contributed by atoms with van der Waals surface area (Å²) < 4.78 is 0. The monoisotopic (exact) mass is 285 g/mol. The van der Waals surface area contributed by atoms with Crippen LogP contribution in [0.1, 0.15) is 47.5 Å².